The molecule has 1 N–H and O–H groups in total. The van der Waals surface area contributed by atoms with E-state index in [2.05, 4.69) is 15.3 Å². The Hall–Kier alpha value is -2.40. The zero-order valence-corrected chi connectivity index (χ0v) is 14.1. The number of rotatable bonds is 3. The number of aryl methyl sites for hydroxylation is 2. The SMILES string of the molecule is CSc1ccc(NC(=O)c2ccc3nc(C)c(C)nc3c2)cc1. The fraction of sp³-hybridized carbons (Fsp3) is 0.167. The predicted molar refractivity (Wildman–Crippen MR) is 95.2 cm³/mol. The highest BCUT2D eigenvalue weighted by atomic mass is 32.2. The Bertz CT molecular complexity index is 875. The van der Waals surface area contributed by atoms with Gasteiger partial charge in [-0.25, -0.2) is 9.97 Å². The molecule has 2 aromatic carbocycles. The van der Waals surface area contributed by atoms with E-state index < -0.39 is 0 Å². The predicted octanol–water partition coefficient (Wildman–Crippen LogP) is 4.22. The van der Waals surface area contributed by atoms with Crippen LogP contribution >= 0.6 is 11.8 Å². The Labute approximate surface area is 139 Å². The molecule has 0 unspecified atom stereocenters. The number of carbonyl (C=O) groups is 1. The van der Waals surface area contributed by atoms with Crippen LogP contribution in [0.3, 0.4) is 0 Å². The number of nitrogens with zero attached hydrogens (tertiary/aromatic N) is 2. The van der Waals surface area contributed by atoms with Crippen LogP contribution in [0, 0.1) is 13.8 Å². The van der Waals surface area contributed by atoms with Crippen molar-refractivity contribution in [2.24, 2.45) is 0 Å². The lowest BCUT2D eigenvalue weighted by atomic mass is 10.1. The maximum absolute atomic E-state index is 12.4. The van der Waals surface area contributed by atoms with Crippen LogP contribution in [-0.4, -0.2) is 22.1 Å². The minimum Gasteiger partial charge on any atom is -0.322 e. The van der Waals surface area contributed by atoms with Gasteiger partial charge in [0.25, 0.3) is 5.91 Å². The van der Waals surface area contributed by atoms with Gasteiger partial charge >= 0.3 is 0 Å². The molecule has 0 spiro atoms. The van der Waals surface area contributed by atoms with Crippen molar-refractivity contribution >= 4 is 34.4 Å². The third-order valence-electron chi connectivity index (χ3n) is 3.69. The summed E-state index contributed by atoms with van der Waals surface area (Å²) in [5.74, 6) is -0.149. The first-order chi connectivity index (χ1) is 11.1. The Balaban J connectivity index is 1.86. The lowest BCUT2D eigenvalue weighted by Gasteiger charge is -2.07. The number of benzene rings is 2. The Morgan fingerprint density at radius 1 is 0.957 bits per heavy atom. The summed E-state index contributed by atoms with van der Waals surface area (Å²) in [5, 5.41) is 2.90. The molecule has 5 heteroatoms. The highest BCUT2D eigenvalue weighted by Gasteiger charge is 2.09. The zero-order valence-electron chi connectivity index (χ0n) is 13.3. The second-order valence-electron chi connectivity index (χ2n) is 5.28. The van der Waals surface area contributed by atoms with Gasteiger partial charge in [0, 0.05) is 16.1 Å². The lowest BCUT2D eigenvalue weighted by Crippen LogP contribution is -2.12. The molecule has 0 aliphatic heterocycles. The van der Waals surface area contributed by atoms with E-state index in [9.17, 15) is 4.79 Å². The van der Waals surface area contributed by atoms with Gasteiger partial charge in [0.15, 0.2) is 0 Å². The van der Waals surface area contributed by atoms with E-state index in [1.807, 2.05) is 50.4 Å². The summed E-state index contributed by atoms with van der Waals surface area (Å²) >= 11 is 1.67. The molecule has 23 heavy (non-hydrogen) atoms. The highest BCUT2D eigenvalue weighted by Crippen LogP contribution is 2.19. The first-order valence-corrected chi connectivity index (χ1v) is 8.50. The minimum absolute atomic E-state index is 0.149. The molecule has 1 amide bonds. The Morgan fingerprint density at radius 2 is 1.61 bits per heavy atom. The zero-order chi connectivity index (χ0) is 16.4. The van der Waals surface area contributed by atoms with E-state index >= 15 is 0 Å². The van der Waals surface area contributed by atoms with E-state index in [1.165, 1.54) is 0 Å². The van der Waals surface area contributed by atoms with Gasteiger partial charge in [-0.15, -0.1) is 11.8 Å². The Morgan fingerprint density at radius 3 is 2.26 bits per heavy atom. The van der Waals surface area contributed by atoms with Crippen molar-refractivity contribution in [3.63, 3.8) is 0 Å². The molecule has 3 rings (SSSR count). The molecule has 3 aromatic rings. The second-order valence-corrected chi connectivity index (χ2v) is 6.16. The van der Waals surface area contributed by atoms with Gasteiger partial charge < -0.3 is 5.32 Å². The number of carbonyl (C=O) groups excluding carboxylic acids is 1. The number of anilines is 1. The minimum atomic E-state index is -0.149. The molecule has 0 radical (unpaired) electrons. The van der Waals surface area contributed by atoms with Gasteiger partial charge in [-0.1, -0.05) is 0 Å². The van der Waals surface area contributed by atoms with E-state index in [4.69, 9.17) is 0 Å². The fourth-order valence-corrected chi connectivity index (χ4v) is 2.66. The average Bonchev–Trinajstić information content (AvgIpc) is 2.56. The molecule has 0 saturated heterocycles. The number of amides is 1. The van der Waals surface area contributed by atoms with Crippen LogP contribution in [0.4, 0.5) is 5.69 Å². The van der Waals surface area contributed by atoms with Crippen molar-refractivity contribution < 1.29 is 4.79 Å². The quantitative estimate of drug-likeness (QED) is 0.733. The number of thioether (sulfide) groups is 1. The largest absolute Gasteiger partial charge is 0.322 e. The summed E-state index contributed by atoms with van der Waals surface area (Å²) in [5.41, 5.74) is 4.67. The van der Waals surface area contributed by atoms with Gasteiger partial charge in [0.1, 0.15) is 0 Å². The van der Waals surface area contributed by atoms with Crippen molar-refractivity contribution in [2.75, 3.05) is 11.6 Å². The van der Waals surface area contributed by atoms with Gasteiger partial charge in [-0.05, 0) is 62.6 Å². The van der Waals surface area contributed by atoms with Gasteiger partial charge in [0.05, 0.1) is 22.4 Å². The van der Waals surface area contributed by atoms with E-state index in [-0.39, 0.29) is 5.91 Å². The van der Waals surface area contributed by atoms with Gasteiger partial charge in [-0.3, -0.25) is 4.79 Å². The molecular formula is C18H17N3OS. The van der Waals surface area contributed by atoms with Crippen LogP contribution in [0.2, 0.25) is 0 Å². The summed E-state index contributed by atoms with van der Waals surface area (Å²) < 4.78 is 0. The third-order valence-corrected chi connectivity index (χ3v) is 4.43. The first-order valence-electron chi connectivity index (χ1n) is 7.27. The van der Waals surface area contributed by atoms with Crippen LogP contribution in [0.1, 0.15) is 21.7 Å². The summed E-state index contributed by atoms with van der Waals surface area (Å²) in [6.07, 6.45) is 2.02. The topological polar surface area (TPSA) is 54.9 Å². The monoisotopic (exact) mass is 323 g/mol. The number of hydrogen-bond donors (Lipinski definition) is 1. The normalized spacial score (nSPS) is 10.7. The molecule has 0 fully saturated rings. The van der Waals surface area contributed by atoms with Crippen LogP contribution in [0.25, 0.3) is 11.0 Å². The molecule has 1 aromatic heterocycles. The van der Waals surface area contributed by atoms with Gasteiger partial charge in [0.2, 0.25) is 0 Å². The molecule has 116 valence electrons. The molecular weight excluding hydrogens is 306 g/mol. The summed E-state index contributed by atoms with van der Waals surface area (Å²) in [6, 6.07) is 13.2. The van der Waals surface area contributed by atoms with Crippen molar-refractivity contribution in [3.05, 3.63) is 59.4 Å². The fourth-order valence-electron chi connectivity index (χ4n) is 2.25. The average molecular weight is 323 g/mol. The van der Waals surface area contributed by atoms with Crippen LogP contribution in [-0.2, 0) is 0 Å². The molecule has 0 atom stereocenters. The van der Waals surface area contributed by atoms with Crippen LogP contribution in [0.15, 0.2) is 47.4 Å². The maximum atomic E-state index is 12.4. The summed E-state index contributed by atoms with van der Waals surface area (Å²) in [4.78, 5) is 22.5. The smallest absolute Gasteiger partial charge is 0.255 e. The number of nitrogens with one attached hydrogen (secondary N) is 1. The number of hydrogen-bond acceptors (Lipinski definition) is 4. The van der Waals surface area contributed by atoms with Crippen molar-refractivity contribution in [1.29, 1.82) is 0 Å². The Kier molecular flexibility index (Phi) is 4.30. The maximum Gasteiger partial charge on any atom is 0.255 e. The first kappa shape index (κ1) is 15.5. The molecule has 0 aliphatic rings. The van der Waals surface area contributed by atoms with Gasteiger partial charge in [-0.2, -0.15) is 0 Å². The molecule has 0 bridgehead atoms. The molecule has 4 nitrogen and oxygen atoms in total. The third kappa shape index (κ3) is 3.35. The highest BCUT2D eigenvalue weighted by molar-refractivity contribution is 7.98. The molecule has 1 heterocycles. The van der Waals surface area contributed by atoms with Crippen molar-refractivity contribution in [3.8, 4) is 0 Å². The van der Waals surface area contributed by atoms with E-state index in [0.29, 0.717) is 5.56 Å². The summed E-state index contributed by atoms with van der Waals surface area (Å²) in [6.45, 7) is 3.85. The summed E-state index contributed by atoms with van der Waals surface area (Å²) in [7, 11) is 0. The van der Waals surface area contributed by atoms with Crippen molar-refractivity contribution in [1.82, 2.24) is 9.97 Å². The van der Waals surface area contributed by atoms with Crippen LogP contribution in [0.5, 0.6) is 0 Å². The lowest BCUT2D eigenvalue weighted by molar-refractivity contribution is 0.102. The standard InChI is InChI=1S/C18H17N3OS/c1-11-12(2)20-17-10-13(4-9-16(17)19-11)18(22)21-14-5-7-15(23-3)8-6-14/h4-10H,1-3H3,(H,21,22). The molecule has 0 saturated carbocycles. The van der Waals surface area contributed by atoms with Crippen LogP contribution < -0.4 is 5.32 Å². The van der Waals surface area contributed by atoms with Crippen molar-refractivity contribution in [2.45, 2.75) is 18.7 Å². The van der Waals surface area contributed by atoms with E-state index in [0.717, 1.165) is 33.0 Å². The number of fused-ring (bicyclic) bond motifs is 1. The second kappa shape index (κ2) is 6.38. The number of aromatic nitrogens is 2. The molecule has 0 aliphatic carbocycles. The van der Waals surface area contributed by atoms with E-state index in [1.54, 1.807) is 23.9 Å².